The van der Waals surface area contributed by atoms with E-state index in [1.165, 1.54) is 0 Å². The smallest absolute Gasteiger partial charge is 0.181 e. The number of hydrogen-bond acceptors (Lipinski definition) is 3. The van der Waals surface area contributed by atoms with E-state index in [1.807, 2.05) is 6.07 Å². The van der Waals surface area contributed by atoms with Gasteiger partial charge in [0.15, 0.2) is 5.78 Å². The number of hydrogen-bond donors (Lipinski definition) is 1. The number of aliphatic hydroxyl groups excluding tert-OH is 1. The molecule has 3 nitrogen and oxygen atoms in total. The lowest BCUT2D eigenvalue weighted by Gasteiger charge is -2.13. The Bertz CT molecular complexity index is 347. The van der Waals surface area contributed by atoms with Gasteiger partial charge in [0.1, 0.15) is 5.69 Å². The number of carbonyl (C=O) groups is 1. The highest BCUT2D eigenvalue weighted by atomic mass is 16.3. The largest absolute Gasteiger partial charge is 0.390 e. The second kappa shape index (κ2) is 3.26. The number of pyridine rings is 1. The van der Waals surface area contributed by atoms with E-state index in [4.69, 9.17) is 5.11 Å². The summed E-state index contributed by atoms with van der Waals surface area (Å²) >= 11 is 0. The molecule has 2 rings (SSSR count). The molecule has 1 aromatic rings. The van der Waals surface area contributed by atoms with Crippen LogP contribution >= 0.6 is 0 Å². The third kappa shape index (κ3) is 1.47. The average molecular weight is 177 g/mol. The summed E-state index contributed by atoms with van der Waals surface area (Å²) in [5.41, 5.74) is 2.17. The standard InChI is InChI=1S/C10H11NO2/c12-6-8-5-4-7-2-1-3-9(13)10(7)11-8/h4-5,12H,1-3,6H2. The maximum absolute atomic E-state index is 11.4. The second-order valence-electron chi connectivity index (χ2n) is 3.25. The maximum Gasteiger partial charge on any atom is 0.181 e. The summed E-state index contributed by atoms with van der Waals surface area (Å²) < 4.78 is 0. The molecule has 0 bridgehead atoms. The molecule has 0 spiro atoms. The average Bonchev–Trinajstić information content (AvgIpc) is 2.18. The van der Waals surface area contributed by atoms with Crippen molar-refractivity contribution >= 4 is 5.78 Å². The number of carbonyl (C=O) groups excluding carboxylic acids is 1. The van der Waals surface area contributed by atoms with Gasteiger partial charge in [0.05, 0.1) is 12.3 Å². The number of aromatic nitrogens is 1. The fourth-order valence-corrected chi connectivity index (χ4v) is 1.62. The van der Waals surface area contributed by atoms with Crippen LogP contribution < -0.4 is 0 Å². The minimum absolute atomic E-state index is 0.0967. The van der Waals surface area contributed by atoms with Crippen molar-refractivity contribution < 1.29 is 9.90 Å². The zero-order chi connectivity index (χ0) is 9.26. The van der Waals surface area contributed by atoms with Crippen molar-refractivity contribution in [2.45, 2.75) is 25.9 Å². The van der Waals surface area contributed by atoms with Gasteiger partial charge in [0, 0.05) is 6.42 Å². The van der Waals surface area contributed by atoms with Crippen molar-refractivity contribution in [2.24, 2.45) is 0 Å². The van der Waals surface area contributed by atoms with Gasteiger partial charge in [-0.3, -0.25) is 4.79 Å². The van der Waals surface area contributed by atoms with Crippen molar-refractivity contribution in [2.75, 3.05) is 0 Å². The van der Waals surface area contributed by atoms with Gasteiger partial charge in [-0.15, -0.1) is 0 Å². The Labute approximate surface area is 76.4 Å². The molecule has 0 saturated heterocycles. The van der Waals surface area contributed by atoms with Crippen LogP contribution in [0.15, 0.2) is 12.1 Å². The van der Waals surface area contributed by atoms with Crippen molar-refractivity contribution in [3.05, 3.63) is 29.1 Å². The predicted molar refractivity (Wildman–Crippen MR) is 47.4 cm³/mol. The van der Waals surface area contributed by atoms with Gasteiger partial charge >= 0.3 is 0 Å². The summed E-state index contributed by atoms with van der Waals surface area (Å²) in [6.45, 7) is -0.0967. The first kappa shape index (κ1) is 8.38. The molecule has 13 heavy (non-hydrogen) atoms. The Hall–Kier alpha value is -1.22. The van der Waals surface area contributed by atoms with Gasteiger partial charge in [-0.2, -0.15) is 0 Å². The van der Waals surface area contributed by atoms with Crippen LogP contribution in [0.4, 0.5) is 0 Å². The van der Waals surface area contributed by atoms with E-state index >= 15 is 0 Å². The highest BCUT2D eigenvalue weighted by Gasteiger charge is 2.18. The Morgan fingerprint density at radius 1 is 1.38 bits per heavy atom. The van der Waals surface area contributed by atoms with Crippen molar-refractivity contribution in [1.82, 2.24) is 4.98 Å². The van der Waals surface area contributed by atoms with Gasteiger partial charge in [-0.05, 0) is 24.5 Å². The number of aryl methyl sites for hydroxylation is 1. The SMILES string of the molecule is O=C1CCCc2ccc(CO)nc21. The summed E-state index contributed by atoms with van der Waals surface area (Å²) in [5.74, 6) is 0.108. The number of aliphatic hydroxyl groups is 1. The third-order valence-electron chi connectivity index (χ3n) is 2.31. The predicted octanol–water partition coefficient (Wildman–Crippen LogP) is 1.09. The zero-order valence-corrected chi connectivity index (χ0v) is 7.29. The monoisotopic (exact) mass is 177 g/mol. The molecule has 0 saturated carbocycles. The molecule has 1 N–H and O–H groups in total. The fourth-order valence-electron chi connectivity index (χ4n) is 1.62. The molecule has 1 aromatic heterocycles. The van der Waals surface area contributed by atoms with Crippen LogP contribution in [-0.2, 0) is 13.0 Å². The quantitative estimate of drug-likeness (QED) is 0.698. The van der Waals surface area contributed by atoms with Crippen LogP contribution in [0.1, 0.15) is 34.6 Å². The maximum atomic E-state index is 11.4. The van der Waals surface area contributed by atoms with E-state index in [9.17, 15) is 4.79 Å². The van der Waals surface area contributed by atoms with E-state index < -0.39 is 0 Å². The molecule has 0 radical (unpaired) electrons. The molecule has 1 aliphatic carbocycles. The Morgan fingerprint density at radius 3 is 3.00 bits per heavy atom. The second-order valence-corrected chi connectivity index (χ2v) is 3.25. The number of nitrogens with zero attached hydrogens (tertiary/aromatic N) is 1. The molecule has 0 unspecified atom stereocenters. The van der Waals surface area contributed by atoms with E-state index in [0.717, 1.165) is 18.4 Å². The lowest BCUT2D eigenvalue weighted by atomic mass is 9.95. The number of ketones is 1. The van der Waals surface area contributed by atoms with Gasteiger partial charge in [-0.25, -0.2) is 4.98 Å². The number of rotatable bonds is 1. The topological polar surface area (TPSA) is 50.2 Å². The Kier molecular flexibility index (Phi) is 2.10. The molecule has 0 fully saturated rings. The van der Waals surface area contributed by atoms with Crippen LogP contribution in [0, 0.1) is 0 Å². The molecule has 0 aromatic carbocycles. The van der Waals surface area contributed by atoms with Crippen LogP contribution in [0.2, 0.25) is 0 Å². The highest BCUT2D eigenvalue weighted by Crippen LogP contribution is 2.19. The van der Waals surface area contributed by atoms with Gasteiger partial charge in [0.25, 0.3) is 0 Å². The number of Topliss-reactive ketones (excluding diaryl/α,β-unsaturated/α-hetero) is 1. The lowest BCUT2D eigenvalue weighted by molar-refractivity contribution is 0.0966. The molecular formula is C10H11NO2. The third-order valence-corrected chi connectivity index (χ3v) is 2.31. The summed E-state index contributed by atoms with van der Waals surface area (Å²) in [6, 6.07) is 3.67. The van der Waals surface area contributed by atoms with Crippen molar-refractivity contribution in [3.8, 4) is 0 Å². The summed E-state index contributed by atoms with van der Waals surface area (Å²) in [5, 5.41) is 8.85. The Morgan fingerprint density at radius 2 is 2.23 bits per heavy atom. The van der Waals surface area contributed by atoms with E-state index in [1.54, 1.807) is 6.07 Å². The first-order valence-electron chi connectivity index (χ1n) is 4.44. The van der Waals surface area contributed by atoms with E-state index in [2.05, 4.69) is 4.98 Å². The highest BCUT2D eigenvalue weighted by molar-refractivity contribution is 5.96. The summed E-state index contributed by atoms with van der Waals surface area (Å²) in [6.07, 6.45) is 2.45. The first-order chi connectivity index (χ1) is 6.31. The van der Waals surface area contributed by atoms with Crippen LogP contribution in [0.5, 0.6) is 0 Å². The molecule has 0 amide bonds. The van der Waals surface area contributed by atoms with E-state index in [0.29, 0.717) is 17.8 Å². The summed E-state index contributed by atoms with van der Waals surface area (Å²) in [7, 11) is 0. The lowest BCUT2D eigenvalue weighted by Crippen LogP contribution is -2.14. The molecule has 68 valence electrons. The molecule has 3 heteroatoms. The minimum atomic E-state index is -0.0967. The van der Waals surface area contributed by atoms with Gasteiger partial charge < -0.3 is 5.11 Å². The first-order valence-corrected chi connectivity index (χ1v) is 4.44. The van der Waals surface area contributed by atoms with Gasteiger partial charge in [0.2, 0.25) is 0 Å². The Balaban J connectivity index is 2.47. The number of fused-ring (bicyclic) bond motifs is 1. The fraction of sp³-hybridized carbons (Fsp3) is 0.400. The van der Waals surface area contributed by atoms with Crippen LogP contribution in [0.25, 0.3) is 0 Å². The minimum Gasteiger partial charge on any atom is -0.390 e. The van der Waals surface area contributed by atoms with Crippen LogP contribution in [0.3, 0.4) is 0 Å². The summed E-state index contributed by atoms with van der Waals surface area (Å²) in [4.78, 5) is 15.5. The molecule has 0 aliphatic heterocycles. The molecule has 1 aliphatic rings. The van der Waals surface area contributed by atoms with E-state index in [-0.39, 0.29) is 12.4 Å². The normalized spacial score (nSPS) is 15.6. The van der Waals surface area contributed by atoms with Gasteiger partial charge in [-0.1, -0.05) is 6.07 Å². The molecular weight excluding hydrogens is 166 g/mol. The van der Waals surface area contributed by atoms with Crippen molar-refractivity contribution in [1.29, 1.82) is 0 Å². The van der Waals surface area contributed by atoms with Crippen LogP contribution in [-0.4, -0.2) is 15.9 Å². The molecule has 0 atom stereocenters. The molecule has 1 heterocycles. The van der Waals surface area contributed by atoms with Crippen molar-refractivity contribution in [3.63, 3.8) is 0 Å². The zero-order valence-electron chi connectivity index (χ0n) is 7.29.